The van der Waals surface area contributed by atoms with E-state index < -0.39 is 0 Å². The Labute approximate surface area is 107 Å². The summed E-state index contributed by atoms with van der Waals surface area (Å²) >= 11 is 0. The molecule has 0 bridgehead atoms. The van der Waals surface area contributed by atoms with Gasteiger partial charge in [0.1, 0.15) is 0 Å². The van der Waals surface area contributed by atoms with Crippen molar-refractivity contribution in [3.63, 3.8) is 0 Å². The van der Waals surface area contributed by atoms with Crippen molar-refractivity contribution in [1.29, 1.82) is 0 Å². The van der Waals surface area contributed by atoms with Crippen LogP contribution < -0.4 is 0 Å². The minimum atomic E-state index is 0.395. The van der Waals surface area contributed by atoms with E-state index in [0.717, 1.165) is 17.8 Å². The number of rotatable bonds is 2. The summed E-state index contributed by atoms with van der Waals surface area (Å²) in [4.78, 5) is 0. The molecular formula is C16H28N-. The first kappa shape index (κ1) is 13.1. The highest BCUT2D eigenvalue weighted by atomic mass is 14.9. The average molecular weight is 234 g/mol. The van der Waals surface area contributed by atoms with Gasteiger partial charge in [-0.3, -0.25) is 0 Å². The Morgan fingerprint density at radius 2 is 2.06 bits per heavy atom. The molecule has 17 heavy (non-hydrogen) atoms. The molecule has 0 N–H and O–H groups in total. The topological polar surface area (TPSA) is 14.1 Å². The highest BCUT2D eigenvalue weighted by Gasteiger charge is 2.45. The fraction of sp³-hybridized carbons (Fsp3) is 0.875. The molecule has 98 valence electrons. The van der Waals surface area contributed by atoms with Gasteiger partial charge in [-0.05, 0) is 43.4 Å². The second-order valence-corrected chi connectivity index (χ2v) is 6.69. The number of nitrogens with zero attached hydrogens (tertiary/aromatic N) is 1. The fourth-order valence-corrected chi connectivity index (χ4v) is 4.33. The van der Waals surface area contributed by atoms with Crippen LogP contribution in [0.1, 0.15) is 53.4 Å². The van der Waals surface area contributed by atoms with Crippen LogP contribution in [0.3, 0.4) is 0 Å². The molecule has 4 atom stereocenters. The van der Waals surface area contributed by atoms with Crippen LogP contribution in [0.2, 0.25) is 0 Å². The highest BCUT2D eigenvalue weighted by molar-refractivity contribution is 5.25. The predicted octanol–water partition coefficient (Wildman–Crippen LogP) is 4.79. The molecule has 0 aromatic carbocycles. The minimum Gasteiger partial charge on any atom is -0.661 e. The number of hydrogen-bond acceptors (Lipinski definition) is 0. The molecule has 0 aromatic rings. The van der Waals surface area contributed by atoms with Gasteiger partial charge in [0.15, 0.2) is 0 Å². The van der Waals surface area contributed by atoms with Crippen LogP contribution in [-0.4, -0.2) is 13.1 Å². The Morgan fingerprint density at radius 1 is 1.35 bits per heavy atom. The van der Waals surface area contributed by atoms with E-state index in [1.165, 1.54) is 25.7 Å². The van der Waals surface area contributed by atoms with Gasteiger partial charge in [0.2, 0.25) is 0 Å². The van der Waals surface area contributed by atoms with Crippen LogP contribution >= 0.6 is 0 Å². The highest BCUT2D eigenvalue weighted by Crippen LogP contribution is 2.55. The largest absolute Gasteiger partial charge is 0.661 e. The maximum Gasteiger partial charge on any atom is -0.0244 e. The molecule has 0 heterocycles. The molecule has 0 amide bonds. The number of allylic oxidation sites excluding steroid dienone is 1. The van der Waals surface area contributed by atoms with Crippen LogP contribution in [0.25, 0.3) is 5.32 Å². The SMILES string of the molecule is C[N-][C@H]1[C@@H](C(C)C)CC[C@H](C)C12C=C(C)CC2. The lowest BCUT2D eigenvalue weighted by molar-refractivity contribution is 0.0788. The molecule has 0 aliphatic heterocycles. The zero-order chi connectivity index (χ0) is 12.6. The van der Waals surface area contributed by atoms with Gasteiger partial charge >= 0.3 is 0 Å². The van der Waals surface area contributed by atoms with Gasteiger partial charge in [-0.1, -0.05) is 44.8 Å². The molecule has 0 radical (unpaired) electrons. The van der Waals surface area contributed by atoms with E-state index in [-0.39, 0.29) is 0 Å². The monoisotopic (exact) mass is 234 g/mol. The Hall–Kier alpha value is -0.300. The smallest absolute Gasteiger partial charge is 0.0244 e. The molecule has 1 fully saturated rings. The molecule has 0 saturated heterocycles. The summed E-state index contributed by atoms with van der Waals surface area (Å²) in [5, 5.41) is 4.83. The lowest BCUT2D eigenvalue weighted by atomic mass is 9.58. The van der Waals surface area contributed by atoms with E-state index in [0.29, 0.717) is 11.5 Å². The summed E-state index contributed by atoms with van der Waals surface area (Å²) in [6, 6.07) is 0.559. The maximum absolute atomic E-state index is 4.83. The first-order chi connectivity index (χ1) is 8.01. The Kier molecular flexibility index (Phi) is 3.68. The zero-order valence-electron chi connectivity index (χ0n) is 12.2. The van der Waals surface area contributed by atoms with Crippen molar-refractivity contribution in [2.75, 3.05) is 7.05 Å². The van der Waals surface area contributed by atoms with Gasteiger partial charge in [-0.15, -0.1) is 6.04 Å². The van der Waals surface area contributed by atoms with Gasteiger partial charge in [-0.25, -0.2) is 0 Å². The summed E-state index contributed by atoms with van der Waals surface area (Å²) < 4.78 is 0. The molecule has 1 saturated carbocycles. The first-order valence-electron chi connectivity index (χ1n) is 7.28. The van der Waals surface area contributed by atoms with Gasteiger partial charge in [0, 0.05) is 0 Å². The van der Waals surface area contributed by atoms with Crippen molar-refractivity contribution in [2.24, 2.45) is 23.2 Å². The molecular weight excluding hydrogens is 206 g/mol. The summed E-state index contributed by atoms with van der Waals surface area (Å²) in [5.74, 6) is 2.37. The van der Waals surface area contributed by atoms with Gasteiger partial charge in [0.05, 0.1) is 0 Å². The van der Waals surface area contributed by atoms with E-state index >= 15 is 0 Å². The van der Waals surface area contributed by atoms with Crippen LogP contribution in [0, 0.1) is 23.2 Å². The van der Waals surface area contributed by atoms with E-state index in [1.807, 2.05) is 7.05 Å². The quantitative estimate of drug-likeness (QED) is 0.610. The Bertz CT molecular complexity index is 305. The summed E-state index contributed by atoms with van der Waals surface area (Å²) in [6.07, 6.45) is 7.98. The molecule has 0 aromatic heterocycles. The molecule has 1 nitrogen and oxygen atoms in total. The predicted molar refractivity (Wildman–Crippen MR) is 75.2 cm³/mol. The zero-order valence-corrected chi connectivity index (χ0v) is 12.2. The van der Waals surface area contributed by atoms with E-state index in [1.54, 1.807) is 5.57 Å². The molecule has 2 rings (SSSR count). The average Bonchev–Trinajstić information content (AvgIpc) is 2.65. The molecule has 1 unspecified atom stereocenters. The lowest BCUT2D eigenvalue weighted by Crippen LogP contribution is -2.47. The van der Waals surface area contributed by atoms with E-state index in [9.17, 15) is 0 Å². The van der Waals surface area contributed by atoms with E-state index in [4.69, 9.17) is 5.32 Å². The van der Waals surface area contributed by atoms with Crippen LogP contribution in [0.15, 0.2) is 11.6 Å². The van der Waals surface area contributed by atoms with E-state index in [2.05, 4.69) is 33.8 Å². The molecule has 1 spiro atoms. The van der Waals surface area contributed by atoms with Crippen molar-refractivity contribution in [3.05, 3.63) is 17.0 Å². The Balaban J connectivity index is 2.33. The molecule has 1 heteroatoms. The van der Waals surface area contributed by atoms with Crippen molar-refractivity contribution >= 4 is 0 Å². The van der Waals surface area contributed by atoms with Gasteiger partial charge in [0.25, 0.3) is 0 Å². The van der Waals surface area contributed by atoms with Crippen molar-refractivity contribution < 1.29 is 0 Å². The molecule has 2 aliphatic rings. The fourth-order valence-electron chi connectivity index (χ4n) is 4.33. The minimum absolute atomic E-state index is 0.395. The summed E-state index contributed by atoms with van der Waals surface area (Å²) in [7, 11) is 2.04. The third-order valence-electron chi connectivity index (χ3n) is 5.41. The third-order valence-corrected chi connectivity index (χ3v) is 5.41. The third kappa shape index (κ3) is 2.07. The standard InChI is InChI=1S/C16H28N/c1-11(2)14-7-6-13(4)16(15(14)17-5)9-8-12(3)10-16/h10-11,13-15H,6-9H2,1-5H3/q-1/t13-,14+,15-,16?/m0/s1. The second-order valence-electron chi connectivity index (χ2n) is 6.69. The normalized spacial score (nSPS) is 42.2. The Morgan fingerprint density at radius 3 is 2.53 bits per heavy atom. The summed E-state index contributed by atoms with van der Waals surface area (Å²) in [6.45, 7) is 9.49. The van der Waals surface area contributed by atoms with Crippen molar-refractivity contribution in [2.45, 2.75) is 59.4 Å². The lowest BCUT2D eigenvalue weighted by Gasteiger charge is -2.57. The number of hydrogen-bond donors (Lipinski definition) is 0. The summed E-state index contributed by atoms with van der Waals surface area (Å²) in [5.41, 5.74) is 1.99. The van der Waals surface area contributed by atoms with Crippen molar-refractivity contribution in [3.8, 4) is 0 Å². The van der Waals surface area contributed by atoms with Gasteiger partial charge < -0.3 is 5.32 Å². The van der Waals surface area contributed by atoms with Crippen LogP contribution in [-0.2, 0) is 0 Å². The second kappa shape index (κ2) is 4.76. The van der Waals surface area contributed by atoms with Crippen LogP contribution in [0.5, 0.6) is 0 Å². The molecule has 2 aliphatic carbocycles. The van der Waals surface area contributed by atoms with Crippen molar-refractivity contribution in [1.82, 2.24) is 0 Å². The first-order valence-corrected chi connectivity index (χ1v) is 7.28. The maximum atomic E-state index is 4.83. The van der Waals surface area contributed by atoms with Crippen LogP contribution in [0.4, 0.5) is 0 Å². The van der Waals surface area contributed by atoms with Gasteiger partial charge in [-0.2, -0.15) is 7.05 Å².